The van der Waals surface area contributed by atoms with Crippen molar-refractivity contribution in [2.24, 2.45) is 5.92 Å². The Kier molecular flexibility index (Phi) is 8.08. The molecular formula is C24H29N5O3S. The third-order valence-electron chi connectivity index (χ3n) is 5.68. The summed E-state index contributed by atoms with van der Waals surface area (Å²) >= 11 is 1.59. The van der Waals surface area contributed by atoms with E-state index in [9.17, 15) is 9.59 Å². The summed E-state index contributed by atoms with van der Waals surface area (Å²) in [4.78, 5) is 32.3. The molecular weight excluding hydrogens is 438 g/mol. The molecule has 0 aliphatic carbocycles. The van der Waals surface area contributed by atoms with Gasteiger partial charge in [-0.25, -0.2) is 4.79 Å². The van der Waals surface area contributed by atoms with Crippen LogP contribution in [-0.4, -0.2) is 46.6 Å². The lowest BCUT2D eigenvalue weighted by molar-refractivity contribution is -0.126. The molecule has 1 aliphatic rings. The van der Waals surface area contributed by atoms with E-state index in [-0.39, 0.29) is 17.9 Å². The summed E-state index contributed by atoms with van der Waals surface area (Å²) < 4.78 is 5.32. The fourth-order valence-corrected chi connectivity index (χ4v) is 4.55. The van der Waals surface area contributed by atoms with Crippen LogP contribution in [0.5, 0.6) is 0 Å². The largest absolute Gasteiger partial charge is 0.356 e. The van der Waals surface area contributed by atoms with Gasteiger partial charge in [0.15, 0.2) is 0 Å². The molecule has 8 nitrogen and oxygen atoms in total. The zero-order valence-electron chi connectivity index (χ0n) is 18.5. The number of piperidine rings is 1. The average Bonchev–Trinajstić information content (AvgIpc) is 3.54. The minimum Gasteiger partial charge on any atom is -0.356 e. The zero-order chi connectivity index (χ0) is 22.9. The molecule has 174 valence electrons. The second-order valence-electron chi connectivity index (χ2n) is 8.17. The monoisotopic (exact) mass is 467 g/mol. The van der Waals surface area contributed by atoms with Crippen molar-refractivity contribution < 1.29 is 14.1 Å². The van der Waals surface area contributed by atoms with Crippen molar-refractivity contribution in [3.8, 4) is 10.7 Å². The van der Waals surface area contributed by atoms with Crippen molar-refractivity contribution in [2.45, 2.75) is 38.5 Å². The Bertz CT molecular complexity index is 1020. The lowest BCUT2D eigenvalue weighted by Crippen LogP contribution is -2.47. The predicted molar refractivity (Wildman–Crippen MR) is 128 cm³/mol. The number of rotatable bonds is 9. The van der Waals surface area contributed by atoms with Crippen LogP contribution >= 0.6 is 11.3 Å². The molecule has 3 aromatic rings. The van der Waals surface area contributed by atoms with Crippen molar-refractivity contribution in [1.82, 2.24) is 20.4 Å². The molecule has 33 heavy (non-hydrogen) atoms. The molecule has 2 aromatic heterocycles. The highest BCUT2D eigenvalue weighted by Crippen LogP contribution is 2.22. The number of hydrogen-bond acceptors (Lipinski definition) is 6. The topological polar surface area (TPSA) is 100 Å². The maximum Gasteiger partial charge on any atom is 0.321 e. The summed E-state index contributed by atoms with van der Waals surface area (Å²) in [7, 11) is 0. The number of para-hydroxylation sites is 1. The van der Waals surface area contributed by atoms with Gasteiger partial charge in [-0.2, -0.15) is 4.98 Å². The molecule has 2 N–H and O–H groups in total. The first-order valence-electron chi connectivity index (χ1n) is 11.4. The second-order valence-corrected chi connectivity index (χ2v) is 9.12. The van der Waals surface area contributed by atoms with Gasteiger partial charge < -0.3 is 20.1 Å². The molecule has 1 saturated heterocycles. The van der Waals surface area contributed by atoms with Gasteiger partial charge in [-0.3, -0.25) is 4.79 Å². The number of carbonyl (C=O) groups excluding carboxylic acids is 2. The quantitative estimate of drug-likeness (QED) is 0.449. The fraction of sp³-hybridized carbons (Fsp3) is 0.417. The molecule has 4 rings (SSSR count). The minimum atomic E-state index is -0.158. The molecule has 0 radical (unpaired) electrons. The van der Waals surface area contributed by atoms with Gasteiger partial charge in [-0.15, -0.1) is 11.3 Å². The summed E-state index contributed by atoms with van der Waals surface area (Å²) in [6, 6.07) is 13.2. The van der Waals surface area contributed by atoms with Gasteiger partial charge in [0.05, 0.1) is 10.8 Å². The van der Waals surface area contributed by atoms with E-state index in [2.05, 4.69) is 20.8 Å². The fourth-order valence-electron chi connectivity index (χ4n) is 3.90. The lowest BCUT2D eigenvalue weighted by Gasteiger charge is -2.32. The maximum absolute atomic E-state index is 12.6. The number of nitrogens with zero attached hydrogens (tertiary/aromatic N) is 3. The molecule has 1 aromatic carbocycles. The molecule has 0 saturated carbocycles. The van der Waals surface area contributed by atoms with E-state index in [0.29, 0.717) is 31.3 Å². The molecule has 1 fully saturated rings. The third kappa shape index (κ3) is 6.64. The number of thiophene rings is 1. The van der Waals surface area contributed by atoms with E-state index in [4.69, 9.17) is 4.52 Å². The number of aryl methyl sites for hydroxylation is 1. The normalized spacial score (nSPS) is 15.9. The highest BCUT2D eigenvalue weighted by Gasteiger charge is 2.28. The van der Waals surface area contributed by atoms with Crippen LogP contribution in [0.15, 0.2) is 52.4 Å². The van der Waals surface area contributed by atoms with Gasteiger partial charge in [0.25, 0.3) is 0 Å². The van der Waals surface area contributed by atoms with Gasteiger partial charge in [0, 0.05) is 31.7 Å². The molecule has 0 spiro atoms. The zero-order valence-corrected chi connectivity index (χ0v) is 19.4. The van der Waals surface area contributed by atoms with Crippen molar-refractivity contribution in [2.75, 3.05) is 25.0 Å². The van der Waals surface area contributed by atoms with Crippen LogP contribution in [0.25, 0.3) is 10.7 Å². The van der Waals surface area contributed by atoms with E-state index in [1.54, 1.807) is 16.2 Å². The van der Waals surface area contributed by atoms with E-state index < -0.39 is 0 Å². The molecule has 1 aliphatic heterocycles. The van der Waals surface area contributed by atoms with Gasteiger partial charge in [0.1, 0.15) is 0 Å². The summed E-state index contributed by atoms with van der Waals surface area (Å²) in [5, 5.41) is 11.9. The van der Waals surface area contributed by atoms with E-state index in [0.717, 1.165) is 49.1 Å². The molecule has 1 atom stereocenters. The van der Waals surface area contributed by atoms with Crippen molar-refractivity contribution >= 4 is 29.0 Å². The van der Waals surface area contributed by atoms with Crippen LogP contribution in [0.3, 0.4) is 0 Å². The van der Waals surface area contributed by atoms with Crippen LogP contribution in [0, 0.1) is 5.92 Å². The summed E-state index contributed by atoms with van der Waals surface area (Å²) in [5.41, 5.74) is 0.761. The molecule has 3 heterocycles. The summed E-state index contributed by atoms with van der Waals surface area (Å²) in [6.45, 7) is 1.76. The number of hydrogen-bond donors (Lipinski definition) is 2. The molecule has 0 bridgehead atoms. The van der Waals surface area contributed by atoms with Gasteiger partial charge in [-0.1, -0.05) is 35.8 Å². The van der Waals surface area contributed by atoms with Crippen LogP contribution in [0.2, 0.25) is 0 Å². The number of nitrogens with one attached hydrogen (secondary N) is 2. The Morgan fingerprint density at radius 1 is 1.12 bits per heavy atom. The predicted octanol–water partition coefficient (Wildman–Crippen LogP) is 4.57. The Balaban J connectivity index is 1.12. The first-order chi connectivity index (χ1) is 16.2. The first-order valence-corrected chi connectivity index (χ1v) is 12.3. The Morgan fingerprint density at radius 3 is 2.82 bits per heavy atom. The molecule has 1 unspecified atom stereocenters. The van der Waals surface area contributed by atoms with Crippen LogP contribution in [-0.2, 0) is 11.2 Å². The number of urea groups is 1. The van der Waals surface area contributed by atoms with Crippen LogP contribution in [0.1, 0.15) is 38.0 Å². The van der Waals surface area contributed by atoms with E-state index in [1.165, 1.54) is 0 Å². The van der Waals surface area contributed by atoms with E-state index >= 15 is 0 Å². The van der Waals surface area contributed by atoms with Crippen LogP contribution in [0.4, 0.5) is 10.5 Å². The van der Waals surface area contributed by atoms with Crippen molar-refractivity contribution in [3.63, 3.8) is 0 Å². The number of unbranched alkanes of at least 4 members (excludes halogenated alkanes) is 2. The highest BCUT2D eigenvalue weighted by molar-refractivity contribution is 7.13. The second kappa shape index (κ2) is 11.6. The Hall–Kier alpha value is -3.20. The third-order valence-corrected chi connectivity index (χ3v) is 6.55. The summed E-state index contributed by atoms with van der Waals surface area (Å²) in [5.74, 6) is 1.17. The minimum absolute atomic E-state index is 0.0321. The van der Waals surface area contributed by atoms with Crippen molar-refractivity contribution in [1.29, 1.82) is 0 Å². The Morgan fingerprint density at radius 2 is 2.00 bits per heavy atom. The van der Waals surface area contributed by atoms with Crippen LogP contribution < -0.4 is 10.6 Å². The van der Waals surface area contributed by atoms with Crippen molar-refractivity contribution in [3.05, 3.63) is 53.7 Å². The lowest BCUT2D eigenvalue weighted by atomic mass is 9.97. The average molecular weight is 468 g/mol. The number of amides is 3. The molecule has 3 amide bonds. The number of likely N-dealkylation sites (tertiary alicyclic amines) is 1. The van der Waals surface area contributed by atoms with Gasteiger partial charge >= 0.3 is 6.03 Å². The SMILES string of the molecule is O=C(NCCCCCc1nc(-c2cccs2)no1)C1CCCN(C(=O)Nc2ccccc2)C1. The summed E-state index contributed by atoms with van der Waals surface area (Å²) in [6.07, 6.45) is 5.16. The Labute approximate surface area is 197 Å². The number of aromatic nitrogens is 2. The van der Waals surface area contributed by atoms with Gasteiger partial charge in [0.2, 0.25) is 17.6 Å². The number of carbonyl (C=O) groups is 2. The highest BCUT2D eigenvalue weighted by atomic mass is 32.1. The standard InChI is InChI=1S/C24H29N5O3S/c30-23(18-9-7-15-29(17-18)24(31)26-19-10-3-1-4-11-19)25-14-6-2-5-13-21-27-22(28-32-21)20-12-8-16-33-20/h1,3-4,8,10-12,16,18H,2,5-7,9,13-15,17H2,(H,25,30)(H,26,31). The maximum atomic E-state index is 12.6. The number of benzene rings is 1. The van der Waals surface area contributed by atoms with E-state index in [1.807, 2.05) is 47.8 Å². The van der Waals surface area contributed by atoms with Gasteiger partial charge in [-0.05, 0) is 49.3 Å². The first kappa shape index (κ1) is 23.0. The molecule has 9 heteroatoms. The number of anilines is 1. The smallest absolute Gasteiger partial charge is 0.321 e.